The fourth-order valence-electron chi connectivity index (χ4n) is 2.47. The molecule has 0 spiro atoms. The van der Waals surface area contributed by atoms with Crippen LogP contribution in [0.1, 0.15) is 5.56 Å². The maximum Gasteiger partial charge on any atom is 1.00 e. The van der Waals surface area contributed by atoms with Crippen molar-refractivity contribution in [3.63, 3.8) is 0 Å². The third kappa shape index (κ3) is 7.90. The molecule has 2 rings (SSSR count). The molecule has 0 bridgehead atoms. The Bertz CT molecular complexity index is 693. The number of carbonyl (C=O) groups is 1. The van der Waals surface area contributed by atoms with Gasteiger partial charge in [0.1, 0.15) is 11.5 Å². The second-order valence-electron chi connectivity index (χ2n) is 5.73. The molecule has 140 valence electrons. The molecule has 1 atom stereocenters. The first kappa shape index (κ1) is 24.1. The smallest absolute Gasteiger partial charge is 0.548 e. The van der Waals surface area contributed by atoms with Crippen molar-refractivity contribution in [1.82, 2.24) is 0 Å². The minimum Gasteiger partial charge on any atom is -0.548 e. The van der Waals surface area contributed by atoms with E-state index >= 15 is 0 Å². The van der Waals surface area contributed by atoms with Gasteiger partial charge in [0, 0.05) is 36.6 Å². The van der Waals surface area contributed by atoms with Gasteiger partial charge in [-0.25, -0.2) is 0 Å². The van der Waals surface area contributed by atoms with Crippen molar-refractivity contribution in [3.8, 4) is 11.5 Å². The van der Waals surface area contributed by atoms with Crippen LogP contribution in [0.15, 0.2) is 48.5 Å². The van der Waals surface area contributed by atoms with Crippen molar-refractivity contribution in [1.29, 1.82) is 0 Å². The first-order chi connectivity index (χ1) is 12.5. The predicted octanol–water partition coefficient (Wildman–Crippen LogP) is -0.613. The van der Waals surface area contributed by atoms with Crippen LogP contribution in [-0.4, -0.2) is 36.9 Å². The summed E-state index contributed by atoms with van der Waals surface area (Å²) in [5, 5.41) is 10.7. The Labute approximate surface area is 191 Å². The molecule has 2 N–H and O–H groups in total. The Morgan fingerprint density at radius 3 is 1.93 bits per heavy atom. The van der Waals surface area contributed by atoms with Crippen LogP contribution in [-0.2, 0) is 11.2 Å². The van der Waals surface area contributed by atoms with Crippen molar-refractivity contribution in [2.24, 2.45) is 5.73 Å². The van der Waals surface area contributed by atoms with Crippen molar-refractivity contribution in [3.05, 3.63) is 54.1 Å². The third-order valence-electron chi connectivity index (χ3n) is 3.83. The van der Waals surface area contributed by atoms with E-state index in [1.54, 1.807) is 24.3 Å². The molecule has 2 aromatic carbocycles. The number of benzene rings is 2. The van der Waals surface area contributed by atoms with E-state index in [-0.39, 0.29) is 36.0 Å². The minimum atomic E-state index is -1.26. The Morgan fingerprint density at radius 1 is 1.00 bits per heavy atom. The maximum atomic E-state index is 10.7. The van der Waals surface area contributed by atoms with Crippen LogP contribution in [0, 0.1) is 0 Å². The molecule has 0 aliphatic carbocycles. The average Bonchev–Trinajstić information content (AvgIpc) is 2.64. The second kappa shape index (κ2) is 12.5. The SMILES string of the molecule is N[C@@H](Cc1ccc(Oc2ccc(N(CCCl)CCCl)cc2)cc1)C(=O)[O-].[Na+]. The number of carboxylic acids is 1. The van der Waals surface area contributed by atoms with E-state index in [4.69, 9.17) is 33.7 Å². The van der Waals surface area contributed by atoms with Crippen LogP contribution >= 0.6 is 23.2 Å². The van der Waals surface area contributed by atoms with Gasteiger partial charge in [-0.05, 0) is 48.4 Å². The molecule has 0 aromatic heterocycles. The second-order valence-corrected chi connectivity index (χ2v) is 6.49. The summed E-state index contributed by atoms with van der Waals surface area (Å²) in [6.07, 6.45) is 0.217. The van der Waals surface area contributed by atoms with Gasteiger partial charge in [-0.1, -0.05) is 12.1 Å². The molecular weight excluding hydrogens is 398 g/mol. The molecule has 0 fully saturated rings. The number of nitrogens with two attached hydrogens (primary N) is 1. The van der Waals surface area contributed by atoms with Gasteiger partial charge in [0.15, 0.2) is 0 Å². The molecule has 0 saturated heterocycles. The summed E-state index contributed by atoms with van der Waals surface area (Å²) in [7, 11) is 0. The molecule has 0 amide bonds. The van der Waals surface area contributed by atoms with Crippen LogP contribution in [0.3, 0.4) is 0 Å². The van der Waals surface area contributed by atoms with Gasteiger partial charge < -0.3 is 25.3 Å². The normalized spacial score (nSPS) is 11.4. The van der Waals surface area contributed by atoms with Crippen molar-refractivity contribution in [2.75, 3.05) is 29.7 Å². The molecule has 27 heavy (non-hydrogen) atoms. The zero-order valence-electron chi connectivity index (χ0n) is 15.2. The molecule has 0 radical (unpaired) electrons. The van der Waals surface area contributed by atoms with Crippen molar-refractivity contribution >= 4 is 34.9 Å². The number of hydrogen-bond acceptors (Lipinski definition) is 5. The van der Waals surface area contributed by atoms with Crippen LogP contribution in [0.25, 0.3) is 0 Å². The van der Waals surface area contributed by atoms with E-state index in [9.17, 15) is 9.90 Å². The molecule has 2 aromatic rings. The number of nitrogens with zero attached hydrogens (tertiary/aromatic N) is 1. The summed E-state index contributed by atoms with van der Waals surface area (Å²) in [6, 6.07) is 13.8. The number of aliphatic carboxylic acids is 1. The number of hydrogen-bond donors (Lipinski definition) is 1. The minimum absolute atomic E-state index is 0. The van der Waals surface area contributed by atoms with E-state index in [0.717, 1.165) is 24.3 Å². The first-order valence-electron chi connectivity index (χ1n) is 8.23. The van der Waals surface area contributed by atoms with E-state index in [1.807, 2.05) is 24.3 Å². The first-order valence-corrected chi connectivity index (χ1v) is 9.30. The van der Waals surface area contributed by atoms with Crippen molar-refractivity contribution < 1.29 is 44.2 Å². The zero-order valence-corrected chi connectivity index (χ0v) is 18.7. The number of ether oxygens (including phenoxy) is 1. The van der Waals surface area contributed by atoms with Gasteiger partial charge in [-0.15, -0.1) is 23.2 Å². The molecule has 0 saturated carbocycles. The van der Waals surface area contributed by atoms with E-state index in [0.29, 0.717) is 23.3 Å². The Balaban J connectivity index is 0.00000364. The number of halogens is 2. The van der Waals surface area contributed by atoms with Gasteiger partial charge in [-0.3, -0.25) is 0 Å². The third-order valence-corrected chi connectivity index (χ3v) is 4.17. The van der Waals surface area contributed by atoms with E-state index in [2.05, 4.69) is 4.90 Å². The molecule has 0 heterocycles. The van der Waals surface area contributed by atoms with Gasteiger partial charge in [0.25, 0.3) is 0 Å². The number of anilines is 1. The Hall–Kier alpha value is -0.950. The number of rotatable bonds is 10. The quantitative estimate of drug-likeness (QED) is 0.411. The largest absolute Gasteiger partial charge is 1.00 e. The molecule has 8 heteroatoms. The fourth-order valence-corrected chi connectivity index (χ4v) is 2.87. The molecular formula is C19H21Cl2N2NaO3. The maximum absolute atomic E-state index is 10.7. The van der Waals surface area contributed by atoms with E-state index in [1.165, 1.54) is 0 Å². The number of alkyl halides is 2. The van der Waals surface area contributed by atoms with Gasteiger partial charge in [-0.2, -0.15) is 0 Å². The predicted molar refractivity (Wildman–Crippen MR) is 103 cm³/mol. The summed E-state index contributed by atoms with van der Waals surface area (Å²) in [6.45, 7) is 1.45. The summed E-state index contributed by atoms with van der Waals surface area (Å²) < 4.78 is 5.81. The topological polar surface area (TPSA) is 78.6 Å². The van der Waals surface area contributed by atoms with Crippen LogP contribution in [0.4, 0.5) is 5.69 Å². The van der Waals surface area contributed by atoms with Gasteiger partial charge in [0.05, 0.1) is 5.97 Å². The molecule has 0 unspecified atom stereocenters. The summed E-state index contributed by atoms with van der Waals surface area (Å²) >= 11 is 11.7. The zero-order chi connectivity index (χ0) is 18.9. The number of carbonyl (C=O) groups excluding carboxylic acids is 1. The summed E-state index contributed by atoms with van der Waals surface area (Å²) in [5.74, 6) is 1.15. The Kier molecular flexibility index (Phi) is 11.1. The molecule has 0 aliphatic heterocycles. The van der Waals surface area contributed by atoms with Crippen LogP contribution in [0.2, 0.25) is 0 Å². The van der Waals surface area contributed by atoms with Gasteiger partial charge >= 0.3 is 29.6 Å². The van der Waals surface area contributed by atoms with Crippen LogP contribution < -0.4 is 50.0 Å². The van der Waals surface area contributed by atoms with Gasteiger partial charge in [0.2, 0.25) is 0 Å². The molecule has 5 nitrogen and oxygen atoms in total. The van der Waals surface area contributed by atoms with Crippen LogP contribution in [0.5, 0.6) is 11.5 Å². The fraction of sp³-hybridized carbons (Fsp3) is 0.316. The molecule has 0 aliphatic rings. The summed E-state index contributed by atoms with van der Waals surface area (Å²) in [5.41, 5.74) is 7.32. The summed E-state index contributed by atoms with van der Waals surface area (Å²) in [4.78, 5) is 12.8. The number of carboxylic acid groups (broad SMARTS) is 1. The standard InChI is InChI=1S/C19H22Cl2N2O3.Na/c20-9-11-23(12-10-21)15-3-7-17(8-4-15)26-16-5-1-14(2-6-16)13-18(22)19(24)25;/h1-8,18H,9-13,22H2,(H,24,25);/q;+1/p-1/t18-;/m0./s1. The Morgan fingerprint density at radius 2 is 1.48 bits per heavy atom. The van der Waals surface area contributed by atoms with Crippen molar-refractivity contribution in [2.45, 2.75) is 12.5 Å². The van der Waals surface area contributed by atoms with E-state index < -0.39 is 12.0 Å². The monoisotopic (exact) mass is 418 g/mol. The average molecular weight is 419 g/mol.